The lowest BCUT2D eigenvalue weighted by Crippen LogP contribution is -1.90. The van der Waals surface area contributed by atoms with Crippen molar-refractivity contribution in [3.05, 3.63) is 133 Å². The van der Waals surface area contributed by atoms with E-state index < -0.39 is 0 Å². The molecule has 0 aliphatic heterocycles. The van der Waals surface area contributed by atoms with Crippen molar-refractivity contribution in [3.63, 3.8) is 0 Å². The van der Waals surface area contributed by atoms with E-state index in [4.69, 9.17) is 4.42 Å². The first-order valence-corrected chi connectivity index (χ1v) is 13.6. The third kappa shape index (κ3) is 2.80. The van der Waals surface area contributed by atoms with E-state index in [-0.39, 0.29) is 5.82 Å². The predicted octanol–water partition coefficient (Wildman–Crippen LogP) is 11.2. The first-order valence-electron chi connectivity index (χ1n) is 13.6. The molecule has 0 saturated carbocycles. The number of fused-ring (bicyclic) bond motifs is 12. The maximum absolute atomic E-state index is 15.6. The lowest BCUT2D eigenvalue weighted by atomic mass is 9.89. The number of halogens is 1. The van der Waals surface area contributed by atoms with Crippen molar-refractivity contribution < 1.29 is 8.81 Å². The second kappa shape index (κ2) is 7.91. The molecule has 0 atom stereocenters. The van der Waals surface area contributed by atoms with Crippen LogP contribution in [0.1, 0.15) is 0 Å². The molecule has 0 aliphatic rings. The first-order chi connectivity index (χ1) is 19.8. The molecule has 0 spiro atoms. The monoisotopic (exact) mass is 512 g/mol. The van der Waals surface area contributed by atoms with Gasteiger partial charge in [0.25, 0.3) is 0 Å². The molecule has 9 aromatic rings. The van der Waals surface area contributed by atoms with E-state index in [1.807, 2.05) is 48.5 Å². The zero-order valence-corrected chi connectivity index (χ0v) is 21.4. The average Bonchev–Trinajstić information content (AvgIpc) is 3.39. The van der Waals surface area contributed by atoms with Gasteiger partial charge < -0.3 is 4.42 Å². The number of furan rings is 1. The Kier molecular flexibility index (Phi) is 4.29. The van der Waals surface area contributed by atoms with Gasteiger partial charge in [0.2, 0.25) is 0 Å². The van der Waals surface area contributed by atoms with Crippen LogP contribution in [-0.2, 0) is 0 Å². The van der Waals surface area contributed by atoms with Gasteiger partial charge in [0.05, 0.1) is 0 Å². The number of benzene rings is 8. The molecule has 186 valence electrons. The maximum atomic E-state index is 15.6. The van der Waals surface area contributed by atoms with Gasteiger partial charge in [-0.3, -0.25) is 0 Å². The summed E-state index contributed by atoms with van der Waals surface area (Å²) < 4.78 is 22.1. The van der Waals surface area contributed by atoms with Crippen LogP contribution in [0.25, 0.3) is 86.9 Å². The van der Waals surface area contributed by atoms with Gasteiger partial charge in [-0.15, -0.1) is 0 Å². The minimum atomic E-state index is -0.172. The highest BCUT2D eigenvalue weighted by Crippen LogP contribution is 2.45. The standard InChI is InChI=1S/C38H21FO/c39-38-30-15-7-5-13-27(30)35(28-14-6-8-16-31(28)38)22-17-19-33-32(21-22)37-34(40-33)20-18-29-25-11-2-1-9-23(25)24-10-3-4-12-26(24)36(29)37/h1-21H. The van der Waals surface area contributed by atoms with Crippen LogP contribution in [0.5, 0.6) is 0 Å². The number of hydrogen-bond donors (Lipinski definition) is 0. The molecule has 8 aromatic carbocycles. The molecule has 0 radical (unpaired) electrons. The molecular weight excluding hydrogens is 491 g/mol. The summed E-state index contributed by atoms with van der Waals surface area (Å²) in [6, 6.07) is 43.5. The molecule has 0 N–H and O–H groups in total. The van der Waals surface area contributed by atoms with Gasteiger partial charge in [0, 0.05) is 26.9 Å². The summed E-state index contributed by atoms with van der Waals surface area (Å²) in [7, 11) is 0. The van der Waals surface area contributed by atoms with Gasteiger partial charge in [-0.1, -0.05) is 103 Å². The molecule has 0 bridgehead atoms. The molecule has 0 fully saturated rings. The predicted molar refractivity (Wildman–Crippen MR) is 167 cm³/mol. The summed E-state index contributed by atoms with van der Waals surface area (Å²) in [5, 5.41) is 12.6. The summed E-state index contributed by atoms with van der Waals surface area (Å²) in [5.74, 6) is -0.172. The SMILES string of the molecule is Fc1c2ccccc2c(-c2ccc3oc4ccc5c6ccccc6c6ccccc6c5c4c3c2)c2ccccc12. The molecule has 40 heavy (non-hydrogen) atoms. The van der Waals surface area contributed by atoms with Crippen LogP contribution >= 0.6 is 0 Å². The normalized spacial score (nSPS) is 12.1. The Balaban J connectivity index is 1.48. The van der Waals surface area contributed by atoms with Crippen molar-refractivity contribution in [2.45, 2.75) is 0 Å². The minimum Gasteiger partial charge on any atom is -0.456 e. The summed E-state index contributed by atoms with van der Waals surface area (Å²) in [5.41, 5.74) is 3.80. The smallest absolute Gasteiger partial charge is 0.138 e. The van der Waals surface area contributed by atoms with Crippen molar-refractivity contribution in [1.29, 1.82) is 0 Å². The average molecular weight is 513 g/mol. The molecule has 1 nitrogen and oxygen atoms in total. The van der Waals surface area contributed by atoms with E-state index in [1.54, 1.807) is 0 Å². The van der Waals surface area contributed by atoms with E-state index in [1.165, 1.54) is 32.3 Å². The molecule has 0 saturated heterocycles. The molecular formula is C38H21FO. The summed E-state index contributed by atoms with van der Waals surface area (Å²) in [6.07, 6.45) is 0. The third-order valence-corrected chi connectivity index (χ3v) is 8.49. The fourth-order valence-corrected chi connectivity index (χ4v) is 6.80. The van der Waals surface area contributed by atoms with E-state index >= 15 is 4.39 Å². The number of rotatable bonds is 1. The zero-order valence-electron chi connectivity index (χ0n) is 21.4. The van der Waals surface area contributed by atoms with Crippen molar-refractivity contribution in [2.24, 2.45) is 0 Å². The van der Waals surface area contributed by atoms with Crippen molar-refractivity contribution in [2.75, 3.05) is 0 Å². The van der Waals surface area contributed by atoms with E-state index in [0.717, 1.165) is 43.8 Å². The van der Waals surface area contributed by atoms with Gasteiger partial charge >= 0.3 is 0 Å². The highest BCUT2D eigenvalue weighted by molar-refractivity contribution is 6.34. The Bertz CT molecular complexity index is 2410. The van der Waals surface area contributed by atoms with Crippen molar-refractivity contribution in [3.8, 4) is 11.1 Å². The van der Waals surface area contributed by atoms with Gasteiger partial charge in [-0.05, 0) is 73.1 Å². The molecule has 1 heterocycles. The fourth-order valence-electron chi connectivity index (χ4n) is 6.80. The fraction of sp³-hybridized carbons (Fsp3) is 0. The summed E-state index contributed by atoms with van der Waals surface area (Å²) >= 11 is 0. The Morgan fingerprint density at radius 1 is 0.375 bits per heavy atom. The van der Waals surface area contributed by atoms with E-state index in [9.17, 15) is 0 Å². The van der Waals surface area contributed by atoms with Crippen LogP contribution in [0.4, 0.5) is 4.39 Å². The molecule has 0 aliphatic carbocycles. The van der Waals surface area contributed by atoms with Crippen LogP contribution in [-0.4, -0.2) is 0 Å². The van der Waals surface area contributed by atoms with Crippen LogP contribution in [0.2, 0.25) is 0 Å². The molecule has 1 aromatic heterocycles. The molecule has 0 amide bonds. The second-order valence-corrected chi connectivity index (χ2v) is 10.5. The van der Waals surface area contributed by atoms with Crippen LogP contribution < -0.4 is 0 Å². The molecule has 2 heteroatoms. The second-order valence-electron chi connectivity index (χ2n) is 10.5. The van der Waals surface area contributed by atoms with Crippen molar-refractivity contribution in [1.82, 2.24) is 0 Å². The van der Waals surface area contributed by atoms with Gasteiger partial charge in [-0.25, -0.2) is 4.39 Å². The summed E-state index contributed by atoms with van der Waals surface area (Å²) in [4.78, 5) is 0. The van der Waals surface area contributed by atoms with Gasteiger partial charge in [0.1, 0.15) is 17.0 Å². The Morgan fingerprint density at radius 3 is 1.48 bits per heavy atom. The summed E-state index contributed by atoms with van der Waals surface area (Å²) in [6.45, 7) is 0. The van der Waals surface area contributed by atoms with E-state index in [2.05, 4.69) is 78.9 Å². The van der Waals surface area contributed by atoms with Crippen LogP contribution in [0.15, 0.2) is 132 Å². The highest BCUT2D eigenvalue weighted by atomic mass is 19.1. The largest absolute Gasteiger partial charge is 0.456 e. The molecule has 0 unspecified atom stereocenters. The highest BCUT2D eigenvalue weighted by Gasteiger charge is 2.19. The lowest BCUT2D eigenvalue weighted by Gasteiger charge is -2.14. The third-order valence-electron chi connectivity index (χ3n) is 8.49. The quantitative estimate of drug-likeness (QED) is 0.157. The maximum Gasteiger partial charge on any atom is 0.138 e. The lowest BCUT2D eigenvalue weighted by molar-refractivity contribution is 0.651. The zero-order chi connectivity index (χ0) is 26.4. The Labute approximate surface area is 228 Å². The minimum absolute atomic E-state index is 0.172. The van der Waals surface area contributed by atoms with Gasteiger partial charge in [0.15, 0.2) is 0 Å². The van der Waals surface area contributed by atoms with Crippen LogP contribution in [0.3, 0.4) is 0 Å². The topological polar surface area (TPSA) is 13.1 Å². The van der Waals surface area contributed by atoms with Crippen LogP contribution in [0, 0.1) is 5.82 Å². The van der Waals surface area contributed by atoms with Crippen molar-refractivity contribution >= 4 is 75.8 Å². The Morgan fingerprint density at radius 2 is 0.850 bits per heavy atom. The molecule has 9 rings (SSSR count). The van der Waals surface area contributed by atoms with E-state index in [0.29, 0.717) is 10.8 Å². The van der Waals surface area contributed by atoms with Gasteiger partial charge in [-0.2, -0.15) is 0 Å². The Hall–Kier alpha value is -5.21. The number of hydrogen-bond acceptors (Lipinski definition) is 1. The first kappa shape index (κ1) is 21.7.